The SMILES string of the molecule is COc1ccc([C@H]2C[C@@H](C(F)(F)F)n3nc(C(=O)Nc4cccnc4)c(Cl)c3N2)cc1. The summed E-state index contributed by atoms with van der Waals surface area (Å²) in [6, 6.07) is 7.25. The van der Waals surface area contributed by atoms with Crippen LogP contribution in [-0.2, 0) is 0 Å². The summed E-state index contributed by atoms with van der Waals surface area (Å²) in [6.45, 7) is 0. The summed E-state index contributed by atoms with van der Waals surface area (Å²) in [7, 11) is 1.50. The third-order valence-electron chi connectivity index (χ3n) is 4.95. The quantitative estimate of drug-likeness (QED) is 0.592. The molecule has 0 aliphatic carbocycles. The molecule has 1 aliphatic heterocycles. The van der Waals surface area contributed by atoms with Gasteiger partial charge in [-0.3, -0.25) is 9.78 Å². The Morgan fingerprint density at radius 2 is 2.03 bits per heavy atom. The molecule has 4 rings (SSSR count). The Morgan fingerprint density at radius 3 is 2.65 bits per heavy atom. The van der Waals surface area contributed by atoms with Crippen molar-refractivity contribution in [1.29, 1.82) is 0 Å². The number of halogens is 4. The van der Waals surface area contributed by atoms with E-state index in [0.717, 1.165) is 4.68 Å². The Morgan fingerprint density at radius 1 is 1.29 bits per heavy atom. The molecule has 2 aromatic heterocycles. The molecule has 0 radical (unpaired) electrons. The van der Waals surface area contributed by atoms with E-state index >= 15 is 0 Å². The van der Waals surface area contributed by atoms with Crippen LogP contribution in [0.25, 0.3) is 0 Å². The molecule has 0 saturated carbocycles. The van der Waals surface area contributed by atoms with E-state index in [-0.39, 0.29) is 23.0 Å². The second kappa shape index (κ2) is 8.10. The number of fused-ring (bicyclic) bond motifs is 1. The number of hydrogen-bond donors (Lipinski definition) is 2. The van der Waals surface area contributed by atoms with Gasteiger partial charge in [-0.15, -0.1) is 0 Å². The highest BCUT2D eigenvalue weighted by Crippen LogP contribution is 2.46. The molecule has 1 aliphatic rings. The normalized spacial score (nSPS) is 18.1. The van der Waals surface area contributed by atoms with E-state index in [2.05, 4.69) is 20.7 Å². The first-order valence-corrected chi connectivity index (χ1v) is 9.62. The van der Waals surface area contributed by atoms with Crippen molar-refractivity contribution in [2.24, 2.45) is 0 Å². The number of aromatic nitrogens is 3. The fraction of sp³-hybridized carbons (Fsp3) is 0.250. The van der Waals surface area contributed by atoms with E-state index < -0.39 is 24.2 Å². The van der Waals surface area contributed by atoms with Gasteiger partial charge in [0.25, 0.3) is 5.91 Å². The highest BCUT2D eigenvalue weighted by Gasteiger charge is 2.47. The highest BCUT2D eigenvalue weighted by atomic mass is 35.5. The summed E-state index contributed by atoms with van der Waals surface area (Å²) in [6.07, 6.45) is -1.98. The first kappa shape index (κ1) is 21.0. The number of ether oxygens (including phenoxy) is 1. The molecule has 7 nitrogen and oxygen atoms in total. The zero-order valence-electron chi connectivity index (χ0n) is 16.2. The fourth-order valence-corrected chi connectivity index (χ4v) is 3.68. The van der Waals surface area contributed by atoms with Crippen LogP contribution in [0, 0.1) is 0 Å². The molecule has 0 saturated heterocycles. The van der Waals surface area contributed by atoms with Crippen molar-refractivity contribution in [3.8, 4) is 5.75 Å². The molecular weight excluding hydrogens is 435 g/mol. The average Bonchev–Trinajstić information content (AvgIpc) is 3.10. The number of rotatable bonds is 4. The van der Waals surface area contributed by atoms with Gasteiger partial charge in [0.05, 0.1) is 25.0 Å². The van der Waals surface area contributed by atoms with Gasteiger partial charge < -0.3 is 15.4 Å². The van der Waals surface area contributed by atoms with Crippen LogP contribution >= 0.6 is 11.6 Å². The standard InChI is InChI=1S/C20H17ClF3N5O2/c1-31-13-6-4-11(5-7-13)14-9-15(20(22,23)24)29-18(27-14)16(21)17(28-29)19(30)26-12-3-2-8-25-10-12/h2-8,10,14-15,27H,9H2,1H3,(H,26,30)/t14-,15+/m1/s1. The van der Waals surface area contributed by atoms with Gasteiger partial charge in [0, 0.05) is 12.6 Å². The van der Waals surface area contributed by atoms with Crippen LogP contribution in [0.15, 0.2) is 48.8 Å². The Balaban J connectivity index is 1.69. The van der Waals surface area contributed by atoms with E-state index in [0.29, 0.717) is 17.0 Å². The monoisotopic (exact) mass is 451 g/mol. The molecule has 0 fully saturated rings. The van der Waals surface area contributed by atoms with E-state index in [4.69, 9.17) is 16.3 Å². The molecule has 11 heteroatoms. The van der Waals surface area contributed by atoms with Crippen LogP contribution in [0.4, 0.5) is 24.7 Å². The Labute approximate surface area is 180 Å². The fourth-order valence-electron chi connectivity index (χ4n) is 3.42. The van der Waals surface area contributed by atoms with Crippen molar-refractivity contribution in [2.75, 3.05) is 17.7 Å². The first-order valence-electron chi connectivity index (χ1n) is 9.24. The van der Waals surface area contributed by atoms with Gasteiger partial charge in [0.15, 0.2) is 11.7 Å². The minimum Gasteiger partial charge on any atom is -0.497 e. The van der Waals surface area contributed by atoms with Crippen molar-refractivity contribution in [3.05, 3.63) is 65.1 Å². The molecule has 1 amide bonds. The summed E-state index contributed by atoms with van der Waals surface area (Å²) in [4.78, 5) is 16.5. The number of methoxy groups -OCH3 is 1. The van der Waals surface area contributed by atoms with E-state index in [1.54, 1.807) is 36.4 Å². The van der Waals surface area contributed by atoms with Crippen molar-refractivity contribution < 1.29 is 22.7 Å². The zero-order valence-corrected chi connectivity index (χ0v) is 16.9. The number of hydrogen-bond acceptors (Lipinski definition) is 5. The molecule has 0 spiro atoms. The third kappa shape index (κ3) is 4.15. The Bertz CT molecular complexity index is 1090. The van der Waals surface area contributed by atoms with Crippen LogP contribution in [0.1, 0.15) is 34.6 Å². The Hall–Kier alpha value is -3.27. The maximum Gasteiger partial charge on any atom is 0.410 e. The van der Waals surface area contributed by atoms with Crippen LogP contribution in [0.2, 0.25) is 5.02 Å². The molecule has 2 atom stereocenters. The Kier molecular flexibility index (Phi) is 5.48. The number of carbonyl (C=O) groups excluding carboxylic acids is 1. The number of nitrogens with one attached hydrogen (secondary N) is 2. The minimum absolute atomic E-state index is 0.0626. The summed E-state index contributed by atoms with van der Waals surface area (Å²) >= 11 is 6.31. The van der Waals surface area contributed by atoms with Gasteiger partial charge in [0.1, 0.15) is 16.6 Å². The average molecular weight is 452 g/mol. The topological polar surface area (TPSA) is 81.1 Å². The van der Waals surface area contributed by atoms with Gasteiger partial charge in [-0.1, -0.05) is 23.7 Å². The summed E-state index contributed by atoms with van der Waals surface area (Å²) < 4.78 is 47.4. The predicted octanol–water partition coefficient (Wildman–Crippen LogP) is 4.85. The zero-order chi connectivity index (χ0) is 22.2. The number of anilines is 2. The van der Waals surface area contributed by atoms with Gasteiger partial charge in [0.2, 0.25) is 0 Å². The number of amides is 1. The van der Waals surface area contributed by atoms with Gasteiger partial charge in [-0.25, -0.2) is 4.68 Å². The van der Waals surface area contributed by atoms with Crippen LogP contribution in [0.3, 0.4) is 0 Å². The molecule has 0 unspecified atom stereocenters. The highest BCUT2D eigenvalue weighted by molar-refractivity contribution is 6.36. The van der Waals surface area contributed by atoms with Crippen molar-refractivity contribution >= 4 is 29.0 Å². The van der Waals surface area contributed by atoms with E-state index in [1.807, 2.05) is 0 Å². The maximum atomic E-state index is 13.9. The minimum atomic E-state index is -4.59. The van der Waals surface area contributed by atoms with Gasteiger partial charge in [-0.05, 0) is 29.8 Å². The number of benzene rings is 1. The molecule has 162 valence electrons. The third-order valence-corrected chi connectivity index (χ3v) is 5.31. The van der Waals surface area contributed by atoms with Crippen LogP contribution < -0.4 is 15.4 Å². The lowest BCUT2D eigenvalue weighted by atomic mass is 9.97. The molecule has 31 heavy (non-hydrogen) atoms. The first-order chi connectivity index (χ1) is 14.8. The van der Waals surface area contributed by atoms with Crippen molar-refractivity contribution in [1.82, 2.24) is 14.8 Å². The lowest BCUT2D eigenvalue weighted by Gasteiger charge is -2.33. The van der Waals surface area contributed by atoms with Crippen LogP contribution in [0.5, 0.6) is 5.75 Å². The lowest BCUT2D eigenvalue weighted by molar-refractivity contribution is -0.173. The molecule has 3 aromatic rings. The summed E-state index contributed by atoms with van der Waals surface area (Å²) in [5, 5.41) is 9.24. The van der Waals surface area contributed by atoms with E-state index in [9.17, 15) is 18.0 Å². The van der Waals surface area contributed by atoms with Crippen molar-refractivity contribution in [3.63, 3.8) is 0 Å². The summed E-state index contributed by atoms with van der Waals surface area (Å²) in [5.74, 6) is -0.208. The lowest BCUT2D eigenvalue weighted by Crippen LogP contribution is -2.35. The maximum absolute atomic E-state index is 13.9. The molecule has 0 bridgehead atoms. The number of nitrogens with zero attached hydrogens (tertiary/aromatic N) is 3. The van der Waals surface area contributed by atoms with Crippen LogP contribution in [-0.4, -0.2) is 34.0 Å². The second-order valence-electron chi connectivity index (χ2n) is 6.91. The van der Waals surface area contributed by atoms with Gasteiger partial charge in [-0.2, -0.15) is 18.3 Å². The molecular formula is C20H17ClF3N5O2. The molecule has 1 aromatic carbocycles. The van der Waals surface area contributed by atoms with E-state index in [1.165, 1.54) is 19.5 Å². The summed E-state index contributed by atoms with van der Waals surface area (Å²) in [5.41, 5.74) is 0.684. The molecule has 2 N–H and O–H groups in total. The largest absolute Gasteiger partial charge is 0.497 e. The number of carbonyl (C=O) groups is 1. The number of alkyl halides is 3. The predicted molar refractivity (Wildman–Crippen MR) is 108 cm³/mol. The molecule has 3 heterocycles. The second-order valence-corrected chi connectivity index (χ2v) is 7.29. The number of pyridine rings is 1. The smallest absolute Gasteiger partial charge is 0.410 e. The van der Waals surface area contributed by atoms with Crippen molar-refractivity contribution in [2.45, 2.75) is 24.7 Å². The van der Waals surface area contributed by atoms with Gasteiger partial charge >= 0.3 is 6.18 Å².